The molecule has 1 atom stereocenters. The number of ketones is 1. The molecule has 0 bridgehead atoms. The van der Waals surface area contributed by atoms with Crippen molar-refractivity contribution in [1.29, 1.82) is 0 Å². The highest BCUT2D eigenvalue weighted by Crippen LogP contribution is 1.97. The van der Waals surface area contributed by atoms with Crippen LogP contribution in [-0.2, 0) is 19.1 Å². The molecule has 0 fully saturated rings. The molecule has 5 heteroatoms. The summed E-state index contributed by atoms with van der Waals surface area (Å²) in [5, 5.41) is 8.36. The molecule has 0 radical (unpaired) electrons. The Morgan fingerprint density at radius 2 is 1.92 bits per heavy atom. The topological polar surface area (TPSA) is 80.7 Å². The molecule has 1 unspecified atom stereocenters. The predicted octanol–water partition coefficient (Wildman–Crippen LogP) is -0.161. The minimum atomic E-state index is -1.22. The molecule has 0 aliphatic carbocycles. The van der Waals surface area contributed by atoms with Crippen LogP contribution in [0.2, 0.25) is 0 Å². The van der Waals surface area contributed by atoms with Crippen molar-refractivity contribution in [2.24, 2.45) is 5.92 Å². The van der Waals surface area contributed by atoms with E-state index >= 15 is 0 Å². The van der Waals surface area contributed by atoms with E-state index in [1.807, 2.05) is 0 Å². The standard InChI is InChI=1S/C7H10O5/c1-4(7(10)11)6(9)3-12-5(2)8/h4H,3H2,1-2H3,(H,10,11). The van der Waals surface area contributed by atoms with Crippen LogP contribution in [-0.4, -0.2) is 29.4 Å². The van der Waals surface area contributed by atoms with E-state index in [4.69, 9.17) is 5.11 Å². The predicted molar refractivity (Wildman–Crippen MR) is 38.4 cm³/mol. The molecule has 0 heterocycles. The zero-order chi connectivity index (χ0) is 9.72. The number of carboxylic acid groups (broad SMARTS) is 1. The third-order valence-electron chi connectivity index (χ3n) is 1.27. The smallest absolute Gasteiger partial charge is 0.313 e. The van der Waals surface area contributed by atoms with Gasteiger partial charge in [0.05, 0.1) is 0 Å². The average molecular weight is 174 g/mol. The van der Waals surface area contributed by atoms with Crippen LogP contribution in [0.1, 0.15) is 13.8 Å². The molecule has 0 amide bonds. The Kier molecular flexibility index (Phi) is 3.96. The van der Waals surface area contributed by atoms with E-state index in [1.54, 1.807) is 0 Å². The molecule has 1 N–H and O–H groups in total. The maximum Gasteiger partial charge on any atom is 0.313 e. The minimum Gasteiger partial charge on any atom is -0.481 e. The van der Waals surface area contributed by atoms with Gasteiger partial charge in [-0.05, 0) is 6.92 Å². The molecule has 0 aromatic carbocycles. The summed E-state index contributed by atoms with van der Waals surface area (Å²) in [6.07, 6.45) is 0. The SMILES string of the molecule is CC(=O)OCC(=O)C(C)C(=O)O. The van der Waals surface area contributed by atoms with Gasteiger partial charge in [-0.3, -0.25) is 14.4 Å². The molecular formula is C7H10O5. The monoisotopic (exact) mass is 174 g/mol. The van der Waals surface area contributed by atoms with Crippen LogP contribution in [0, 0.1) is 5.92 Å². The van der Waals surface area contributed by atoms with Gasteiger partial charge >= 0.3 is 11.9 Å². The zero-order valence-electron chi connectivity index (χ0n) is 6.86. The first kappa shape index (κ1) is 10.6. The largest absolute Gasteiger partial charge is 0.481 e. The Hall–Kier alpha value is -1.39. The van der Waals surface area contributed by atoms with Crippen LogP contribution < -0.4 is 0 Å². The van der Waals surface area contributed by atoms with E-state index in [9.17, 15) is 14.4 Å². The van der Waals surface area contributed by atoms with E-state index in [2.05, 4.69) is 4.74 Å². The van der Waals surface area contributed by atoms with E-state index in [1.165, 1.54) is 6.92 Å². The van der Waals surface area contributed by atoms with E-state index in [0.29, 0.717) is 0 Å². The molecule has 0 aromatic heterocycles. The van der Waals surface area contributed by atoms with Crippen LogP contribution in [0.5, 0.6) is 0 Å². The number of carbonyl (C=O) groups excluding carboxylic acids is 2. The van der Waals surface area contributed by atoms with Crippen molar-refractivity contribution in [1.82, 2.24) is 0 Å². The van der Waals surface area contributed by atoms with Crippen molar-refractivity contribution in [3.05, 3.63) is 0 Å². The van der Waals surface area contributed by atoms with Crippen LogP contribution in [0.4, 0.5) is 0 Å². The first-order valence-corrected chi connectivity index (χ1v) is 3.34. The fourth-order valence-corrected chi connectivity index (χ4v) is 0.435. The molecule has 0 aliphatic rings. The van der Waals surface area contributed by atoms with Crippen LogP contribution in [0.15, 0.2) is 0 Å². The van der Waals surface area contributed by atoms with Gasteiger partial charge in [0.1, 0.15) is 5.92 Å². The Bertz CT molecular complexity index is 208. The minimum absolute atomic E-state index is 0.469. The van der Waals surface area contributed by atoms with Crippen molar-refractivity contribution >= 4 is 17.7 Å². The van der Waals surface area contributed by atoms with E-state index < -0.39 is 30.2 Å². The summed E-state index contributed by atoms with van der Waals surface area (Å²) in [7, 11) is 0. The van der Waals surface area contributed by atoms with Gasteiger partial charge in [0.15, 0.2) is 12.4 Å². The molecular weight excluding hydrogens is 164 g/mol. The summed E-state index contributed by atoms with van der Waals surface area (Å²) < 4.78 is 4.32. The number of hydrogen-bond donors (Lipinski definition) is 1. The summed E-state index contributed by atoms with van der Waals surface area (Å²) in [6, 6.07) is 0. The molecule has 0 saturated heterocycles. The maximum absolute atomic E-state index is 10.8. The van der Waals surface area contributed by atoms with Gasteiger partial charge in [-0.25, -0.2) is 0 Å². The van der Waals surface area contributed by atoms with Crippen molar-refractivity contribution < 1.29 is 24.2 Å². The van der Waals surface area contributed by atoms with Crippen LogP contribution in [0.3, 0.4) is 0 Å². The zero-order valence-corrected chi connectivity index (χ0v) is 6.86. The molecule has 0 aliphatic heterocycles. The summed E-state index contributed by atoms with van der Waals surface area (Å²) in [5.41, 5.74) is 0. The molecule has 0 spiro atoms. The number of esters is 1. The van der Waals surface area contributed by atoms with Gasteiger partial charge in [-0.1, -0.05) is 0 Å². The average Bonchev–Trinajstić information content (AvgIpc) is 1.98. The molecule has 0 rings (SSSR count). The number of carbonyl (C=O) groups is 3. The lowest BCUT2D eigenvalue weighted by Gasteiger charge is -2.04. The van der Waals surface area contributed by atoms with Gasteiger partial charge < -0.3 is 9.84 Å². The second-order valence-corrected chi connectivity index (χ2v) is 2.31. The van der Waals surface area contributed by atoms with Crippen LogP contribution >= 0.6 is 0 Å². The summed E-state index contributed by atoms with van der Waals surface area (Å²) in [6.45, 7) is 1.93. The lowest BCUT2D eigenvalue weighted by molar-refractivity contribution is -0.152. The molecule has 68 valence electrons. The van der Waals surface area contributed by atoms with Gasteiger partial charge in [0, 0.05) is 6.92 Å². The highest BCUT2D eigenvalue weighted by Gasteiger charge is 2.20. The first-order chi connectivity index (χ1) is 5.45. The second-order valence-electron chi connectivity index (χ2n) is 2.31. The highest BCUT2D eigenvalue weighted by atomic mass is 16.5. The third kappa shape index (κ3) is 3.70. The maximum atomic E-state index is 10.8. The number of carboxylic acids is 1. The molecule has 0 aromatic rings. The Labute approximate surface area is 69.3 Å². The summed E-state index contributed by atoms with van der Waals surface area (Å²) in [4.78, 5) is 31.3. The lowest BCUT2D eigenvalue weighted by atomic mass is 10.1. The van der Waals surface area contributed by atoms with Gasteiger partial charge in [0.2, 0.25) is 0 Å². The fourth-order valence-electron chi connectivity index (χ4n) is 0.435. The van der Waals surface area contributed by atoms with E-state index in [0.717, 1.165) is 6.92 Å². The first-order valence-electron chi connectivity index (χ1n) is 3.34. The highest BCUT2D eigenvalue weighted by molar-refractivity contribution is 5.98. The summed E-state index contributed by atoms with van der Waals surface area (Å²) in [5.74, 6) is -3.55. The van der Waals surface area contributed by atoms with Crippen LogP contribution in [0.25, 0.3) is 0 Å². The van der Waals surface area contributed by atoms with Crippen molar-refractivity contribution in [3.63, 3.8) is 0 Å². The number of ether oxygens (including phenoxy) is 1. The normalized spacial score (nSPS) is 11.8. The molecule has 0 saturated carbocycles. The third-order valence-corrected chi connectivity index (χ3v) is 1.27. The Balaban J connectivity index is 3.88. The Morgan fingerprint density at radius 3 is 2.25 bits per heavy atom. The summed E-state index contributed by atoms with van der Waals surface area (Å²) >= 11 is 0. The van der Waals surface area contributed by atoms with Gasteiger partial charge in [0.25, 0.3) is 0 Å². The van der Waals surface area contributed by atoms with Crippen molar-refractivity contribution in [2.75, 3.05) is 6.61 Å². The van der Waals surface area contributed by atoms with Crippen molar-refractivity contribution in [3.8, 4) is 0 Å². The van der Waals surface area contributed by atoms with E-state index in [-0.39, 0.29) is 0 Å². The Morgan fingerprint density at radius 1 is 1.42 bits per heavy atom. The van der Waals surface area contributed by atoms with Crippen molar-refractivity contribution in [2.45, 2.75) is 13.8 Å². The van der Waals surface area contributed by atoms with Gasteiger partial charge in [-0.2, -0.15) is 0 Å². The molecule has 12 heavy (non-hydrogen) atoms. The lowest BCUT2D eigenvalue weighted by Crippen LogP contribution is -2.25. The second kappa shape index (κ2) is 4.48. The number of hydrogen-bond acceptors (Lipinski definition) is 4. The fraction of sp³-hybridized carbons (Fsp3) is 0.571. The number of aliphatic carboxylic acids is 1. The number of Topliss-reactive ketones (excluding diaryl/α,β-unsaturated/α-hetero) is 1. The molecule has 5 nitrogen and oxygen atoms in total. The quantitative estimate of drug-likeness (QED) is 0.473. The number of rotatable bonds is 4. The van der Waals surface area contributed by atoms with Gasteiger partial charge in [-0.15, -0.1) is 0 Å².